The molecule has 1 atom stereocenters. The normalized spacial score (nSPS) is 16.4. The molecular formula is C21H17F3N2O3. The van der Waals surface area contributed by atoms with E-state index in [1.807, 2.05) is 0 Å². The van der Waals surface area contributed by atoms with Gasteiger partial charge in [0.1, 0.15) is 6.61 Å². The van der Waals surface area contributed by atoms with Crippen LogP contribution in [0, 0.1) is 6.92 Å². The van der Waals surface area contributed by atoms with Crippen molar-refractivity contribution in [1.82, 2.24) is 4.98 Å². The molecule has 0 radical (unpaired) electrons. The number of carbonyl (C=O) groups excluding carboxylic acids is 1. The maximum atomic E-state index is 14.7. The van der Waals surface area contributed by atoms with Gasteiger partial charge in [-0.1, -0.05) is 36.4 Å². The maximum Gasteiger partial charge on any atom is 0.419 e. The molecule has 8 heteroatoms. The van der Waals surface area contributed by atoms with Crippen molar-refractivity contribution in [3.63, 3.8) is 0 Å². The van der Waals surface area contributed by atoms with Gasteiger partial charge in [0, 0.05) is 10.8 Å². The zero-order chi connectivity index (χ0) is 20.8. The number of fused-ring (bicyclic) bond motifs is 3. The van der Waals surface area contributed by atoms with Crippen molar-refractivity contribution in [2.24, 2.45) is 4.99 Å². The molecule has 2 aromatic carbocycles. The van der Waals surface area contributed by atoms with Crippen molar-refractivity contribution in [1.29, 1.82) is 0 Å². The Morgan fingerprint density at radius 2 is 1.83 bits per heavy atom. The van der Waals surface area contributed by atoms with Gasteiger partial charge >= 0.3 is 12.1 Å². The molecule has 1 aliphatic heterocycles. The molecule has 1 aliphatic rings. The lowest BCUT2D eigenvalue weighted by molar-refractivity contribution is -0.195. The molecule has 2 heterocycles. The number of para-hydroxylation sites is 1. The Balaban J connectivity index is 2.24. The summed E-state index contributed by atoms with van der Waals surface area (Å²) in [5.41, 5.74) is -2.65. The lowest BCUT2D eigenvalue weighted by atomic mass is 9.79. The van der Waals surface area contributed by atoms with Gasteiger partial charge < -0.3 is 9.47 Å². The van der Waals surface area contributed by atoms with Crippen molar-refractivity contribution in [2.75, 3.05) is 20.3 Å². The van der Waals surface area contributed by atoms with E-state index in [-0.39, 0.29) is 18.5 Å². The van der Waals surface area contributed by atoms with Crippen molar-refractivity contribution >= 4 is 33.5 Å². The number of hydrogen-bond acceptors (Lipinski definition) is 5. The quantitative estimate of drug-likeness (QED) is 0.489. The molecule has 0 amide bonds. The van der Waals surface area contributed by atoms with Gasteiger partial charge in [-0.25, -0.2) is 0 Å². The number of hydrogen-bond donors (Lipinski definition) is 0. The second-order valence-electron chi connectivity index (χ2n) is 6.75. The van der Waals surface area contributed by atoms with Gasteiger partial charge in [0.05, 0.1) is 24.9 Å². The Bertz CT molecular complexity index is 1160. The fourth-order valence-electron chi connectivity index (χ4n) is 3.84. The summed E-state index contributed by atoms with van der Waals surface area (Å²) in [6.07, 6.45) is -5.09. The SMILES string of the molecule is COC(=O)C(C1=NCCO1)(c1nc2ccccc2c2c(C)cccc12)C(F)(F)F. The summed E-state index contributed by atoms with van der Waals surface area (Å²) in [4.78, 5) is 21.0. The second kappa shape index (κ2) is 6.72. The largest absolute Gasteiger partial charge is 0.478 e. The van der Waals surface area contributed by atoms with E-state index in [1.54, 1.807) is 43.3 Å². The van der Waals surface area contributed by atoms with Crippen LogP contribution in [0.15, 0.2) is 47.5 Å². The number of rotatable bonds is 3. The van der Waals surface area contributed by atoms with E-state index in [2.05, 4.69) is 14.7 Å². The van der Waals surface area contributed by atoms with Gasteiger partial charge in [0.2, 0.25) is 5.90 Å². The van der Waals surface area contributed by atoms with E-state index in [1.165, 1.54) is 6.07 Å². The first-order chi connectivity index (χ1) is 13.8. The van der Waals surface area contributed by atoms with E-state index in [0.29, 0.717) is 16.3 Å². The van der Waals surface area contributed by atoms with Crippen LogP contribution in [0.2, 0.25) is 0 Å². The van der Waals surface area contributed by atoms with Crippen molar-refractivity contribution in [3.05, 3.63) is 53.7 Å². The Morgan fingerprint density at radius 1 is 1.10 bits per heavy atom. The standard InChI is InChI=1S/C21H17F3N2O3/c1-12-6-5-8-14-16(12)13-7-3-4-9-15(13)26-17(14)20(19(27)28-2,21(22,23)24)18-25-10-11-29-18/h3-9H,10-11H2,1-2H3. The molecule has 4 rings (SSSR count). The van der Waals surface area contributed by atoms with Gasteiger partial charge in [0.25, 0.3) is 5.41 Å². The fraction of sp³-hybridized carbons (Fsp3) is 0.286. The maximum absolute atomic E-state index is 14.7. The first-order valence-electron chi connectivity index (χ1n) is 8.93. The van der Waals surface area contributed by atoms with Gasteiger partial charge in [-0.05, 0) is 23.9 Å². The number of methoxy groups -OCH3 is 1. The van der Waals surface area contributed by atoms with Crippen LogP contribution >= 0.6 is 0 Å². The molecule has 0 saturated carbocycles. The molecule has 0 saturated heterocycles. The minimum Gasteiger partial charge on any atom is -0.478 e. The van der Waals surface area contributed by atoms with E-state index in [0.717, 1.165) is 12.7 Å². The number of esters is 1. The topological polar surface area (TPSA) is 60.8 Å². The fourth-order valence-corrected chi connectivity index (χ4v) is 3.84. The van der Waals surface area contributed by atoms with Crippen LogP contribution < -0.4 is 0 Å². The molecule has 0 fully saturated rings. The number of alkyl halides is 3. The number of ether oxygens (including phenoxy) is 2. The van der Waals surface area contributed by atoms with Crippen LogP contribution in [0.3, 0.4) is 0 Å². The van der Waals surface area contributed by atoms with E-state index < -0.39 is 29.2 Å². The van der Waals surface area contributed by atoms with Gasteiger partial charge in [-0.2, -0.15) is 13.2 Å². The number of aryl methyl sites for hydroxylation is 1. The number of benzene rings is 2. The van der Waals surface area contributed by atoms with E-state index in [4.69, 9.17) is 4.74 Å². The van der Waals surface area contributed by atoms with Gasteiger partial charge in [-0.15, -0.1) is 0 Å². The molecule has 5 nitrogen and oxygen atoms in total. The van der Waals surface area contributed by atoms with E-state index >= 15 is 0 Å². The second-order valence-corrected chi connectivity index (χ2v) is 6.75. The molecule has 29 heavy (non-hydrogen) atoms. The number of pyridine rings is 1. The zero-order valence-electron chi connectivity index (χ0n) is 15.7. The Labute approximate surface area is 164 Å². The predicted octanol–water partition coefficient (Wildman–Crippen LogP) is 4.10. The lowest BCUT2D eigenvalue weighted by Crippen LogP contribution is -2.56. The summed E-state index contributed by atoms with van der Waals surface area (Å²) in [7, 11) is 0.910. The number of carbonyl (C=O) groups is 1. The Morgan fingerprint density at radius 3 is 2.48 bits per heavy atom. The molecule has 0 bridgehead atoms. The summed E-state index contributed by atoms with van der Waals surface area (Å²) in [6, 6.07) is 11.8. The van der Waals surface area contributed by atoms with Crippen LogP contribution in [-0.2, 0) is 19.7 Å². The van der Waals surface area contributed by atoms with Crippen LogP contribution in [0.25, 0.3) is 21.7 Å². The average molecular weight is 402 g/mol. The van der Waals surface area contributed by atoms with Crippen LogP contribution in [0.1, 0.15) is 11.3 Å². The molecular weight excluding hydrogens is 385 g/mol. The van der Waals surface area contributed by atoms with Crippen LogP contribution in [-0.4, -0.2) is 43.3 Å². The monoisotopic (exact) mass is 402 g/mol. The summed E-state index contributed by atoms with van der Waals surface area (Å²) >= 11 is 0. The number of nitrogens with zero attached hydrogens (tertiary/aromatic N) is 2. The van der Waals surface area contributed by atoms with Crippen molar-refractivity contribution in [3.8, 4) is 0 Å². The Hall–Kier alpha value is -3.16. The molecule has 1 aromatic heterocycles. The van der Waals surface area contributed by atoms with Crippen LogP contribution in [0.5, 0.6) is 0 Å². The molecule has 1 unspecified atom stereocenters. The first-order valence-corrected chi connectivity index (χ1v) is 8.93. The third-order valence-electron chi connectivity index (χ3n) is 5.11. The van der Waals surface area contributed by atoms with Crippen LogP contribution in [0.4, 0.5) is 13.2 Å². The molecule has 0 spiro atoms. The van der Waals surface area contributed by atoms with Crippen molar-refractivity contribution < 1.29 is 27.4 Å². The smallest absolute Gasteiger partial charge is 0.419 e. The molecule has 0 N–H and O–H groups in total. The zero-order valence-corrected chi connectivity index (χ0v) is 15.7. The molecule has 150 valence electrons. The Kier molecular flexibility index (Phi) is 4.44. The first kappa shape index (κ1) is 19.2. The third-order valence-corrected chi connectivity index (χ3v) is 5.11. The highest BCUT2D eigenvalue weighted by atomic mass is 19.4. The summed E-state index contributed by atoms with van der Waals surface area (Å²) in [5.74, 6) is -2.27. The summed E-state index contributed by atoms with van der Waals surface area (Å²) < 4.78 is 53.9. The summed E-state index contributed by atoms with van der Waals surface area (Å²) in [6.45, 7) is 1.78. The average Bonchev–Trinajstić information content (AvgIpc) is 3.22. The highest BCUT2D eigenvalue weighted by molar-refractivity contribution is 6.16. The third kappa shape index (κ3) is 2.66. The number of halogens is 3. The van der Waals surface area contributed by atoms with E-state index in [9.17, 15) is 18.0 Å². The predicted molar refractivity (Wildman–Crippen MR) is 102 cm³/mol. The number of aliphatic imine (C=N–C) groups is 1. The molecule has 0 aliphatic carbocycles. The highest BCUT2D eigenvalue weighted by Gasteiger charge is 2.69. The molecule has 3 aromatic rings. The number of aromatic nitrogens is 1. The van der Waals surface area contributed by atoms with Gasteiger partial charge in [0.15, 0.2) is 0 Å². The minimum atomic E-state index is -5.09. The summed E-state index contributed by atoms with van der Waals surface area (Å²) in [5, 5.41) is 1.48. The minimum absolute atomic E-state index is 0.0225. The van der Waals surface area contributed by atoms with Gasteiger partial charge in [-0.3, -0.25) is 14.8 Å². The van der Waals surface area contributed by atoms with Crippen molar-refractivity contribution in [2.45, 2.75) is 18.5 Å². The highest BCUT2D eigenvalue weighted by Crippen LogP contribution is 2.47. The lowest BCUT2D eigenvalue weighted by Gasteiger charge is -2.32.